The standard InChI is InChI=1S/C21H29ClFN5O/c1-24-21(27(3)15-19-12-17(22)14-26(19)2)25-13-20(28-8-10-29-11-9-28)16-4-6-18(23)7-5-16/h4-7,12,14,20H,8-11,13,15H2,1-3H3,(H,24,25). The molecule has 1 N–H and O–H groups in total. The lowest BCUT2D eigenvalue weighted by atomic mass is 10.0. The number of benzene rings is 1. The molecule has 6 nitrogen and oxygen atoms in total. The number of ether oxygens (including phenoxy) is 1. The van der Waals surface area contributed by atoms with Gasteiger partial charge in [0.2, 0.25) is 0 Å². The number of hydrogen-bond acceptors (Lipinski definition) is 3. The predicted molar refractivity (Wildman–Crippen MR) is 115 cm³/mol. The number of morpholine rings is 1. The molecule has 1 atom stereocenters. The van der Waals surface area contributed by atoms with Crippen LogP contribution in [0.25, 0.3) is 0 Å². The maximum atomic E-state index is 13.4. The number of halogens is 2. The summed E-state index contributed by atoms with van der Waals surface area (Å²) >= 11 is 6.10. The second kappa shape index (κ2) is 10.1. The fraction of sp³-hybridized carbons (Fsp3) is 0.476. The monoisotopic (exact) mass is 421 g/mol. The van der Waals surface area contributed by atoms with Gasteiger partial charge in [0.25, 0.3) is 0 Å². The van der Waals surface area contributed by atoms with E-state index in [4.69, 9.17) is 16.3 Å². The van der Waals surface area contributed by atoms with Crippen LogP contribution in [0.4, 0.5) is 4.39 Å². The molecule has 1 aromatic heterocycles. The first-order valence-electron chi connectivity index (χ1n) is 9.77. The highest BCUT2D eigenvalue weighted by Crippen LogP contribution is 2.22. The van der Waals surface area contributed by atoms with Crippen molar-refractivity contribution in [3.63, 3.8) is 0 Å². The van der Waals surface area contributed by atoms with Gasteiger partial charge < -0.3 is 19.5 Å². The average Bonchev–Trinajstić information content (AvgIpc) is 3.03. The van der Waals surface area contributed by atoms with E-state index in [1.54, 1.807) is 7.05 Å². The molecule has 2 aromatic rings. The van der Waals surface area contributed by atoms with Crippen LogP contribution in [-0.4, -0.2) is 67.3 Å². The highest BCUT2D eigenvalue weighted by Gasteiger charge is 2.23. The highest BCUT2D eigenvalue weighted by atomic mass is 35.5. The van der Waals surface area contributed by atoms with E-state index in [1.165, 1.54) is 12.1 Å². The van der Waals surface area contributed by atoms with Crippen LogP contribution in [0.5, 0.6) is 0 Å². The molecule has 1 aromatic carbocycles. The van der Waals surface area contributed by atoms with Crippen molar-refractivity contribution in [2.24, 2.45) is 12.0 Å². The minimum Gasteiger partial charge on any atom is -0.379 e. The first-order chi connectivity index (χ1) is 14.0. The summed E-state index contributed by atoms with van der Waals surface area (Å²) in [6.07, 6.45) is 1.89. The zero-order valence-corrected chi connectivity index (χ0v) is 18.0. The SMILES string of the molecule is CN=C(NCC(c1ccc(F)cc1)N1CCOCC1)N(C)Cc1cc(Cl)cn1C. The summed E-state index contributed by atoms with van der Waals surface area (Å²) in [5.41, 5.74) is 2.18. The summed E-state index contributed by atoms with van der Waals surface area (Å²) in [7, 11) is 5.75. The molecule has 0 spiro atoms. The molecule has 8 heteroatoms. The fourth-order valence-electron chi connectivity index (χ4n) is 3.65. The number of aliphatic imine (C=N–C) groups is 1. The maximum absolute atomic E-state index is 13.4. The minimum absolute atomic E-state index is 0.106. The molecule has 3 rings (SSSR count). The van der Waals surface area contributed by atoms with Crippen LogP contribution in [0.1, 0.15) is 17.3 Å². The van der Waals surface area contributed by atoms with Gasteiger partial charge in [-0.3, -0.25) is 9.89 Å². The Hall–Kier alpha value is -2.09. The van der Waals surface area contributed by atoms with E-state index in [9.17, 15) is 4.39 Å². The summed E-state index contributed by atoms with van der Waals surface area (Å²) in [5.74, 6) is 0.571. The molecule has 2 heterocycles. The van der Waals surface area contributed by atoms with Gasteiger partial charge in [-0.2, -0.15) is 0 Å². The summed E-state index contributed by atoms with van der Waals surface area (Å²) < 4.78 is 20.9. The van der Waals surface area contributed by atoms with Crippen LogP contribution in [0.2, 0.25) is 5.02 Å². The van der Waals surface area contributed by atoms with E-state index in [0.29, 0.717) is 26.3 Å². The Morgan fingerprint density at radius 1 is 1.31 bits per heavy atom. The number of nitrogens with one attached hydrogen (secondary N) is 1. The summed E-state index contributed by atoms with van der Waals surface area (Å²) in [5, 5.41) is 4.21. The third-order valence-electron chi connectivity index (χ3n) is 5.24. The Morgan fingerprint density at radius 2 is 2.00 bits per heavy atom. The molecule has 1 aliphatic rings. The quantitative estimate of drug-likeness (QED) is 0.575. The van der Waals surface area contributed by atoms with Gasteiger partial charge in [0, 0.05) is 52.7 Å². The molecule has 0 aliphatic carbocycles. The van der Waals surface area contributed by atoms with E-state index >= 15 is 0 Å². The van der Waals surface area contributed by atoms with Gasteiger partial charge in [-0.15, -0.1) is 0 Å². The molecule has 1 unspecified atom stereocenters. The number of nitrogens with zero attached hydrogens (tertiary/aromatic N) is 4. The number of guanidine groups is 1. The Morgan fingerprint density at radius 3 is 2.59 bits per heavy atom. The smallest absolute Gasteiger partial charge is 0.193 e. The molecule has 0 amide bonds. The van der Waals surface area contributed by atoms with Crippen molar-refractivity contribution in [2.75, 3.05) is 46.9 Å². The molecule has 0 saturated carbocycles. The van der Waals surface area contributed by atoms with Crippen molar-refractivity contribution in [3.05, 3.63) is 58.6 Å². The van der Waals surface area contributed by atoms with E-state index in [1.807, 2.05) is 43.1 Å². The maximum Gasteiger partial charge on any atom is 0.193 e. The predicted octanol–water partition coefficient (Wildman–Crippen LogP) is 2.90. The first kappa shape index (κ1) is 21.6. The van der Waals surface area contributed by atoms with Crippen LogP contribution < -0.4 is 5.32 Å². The van der Waals surface area contributed by atoms with E-state index in [0.717, 1.165) is 35.3 Å². The van der Waals surface area contributed by atoms with Crippen LogP contribution >= 0.6 is 11.6 Å². The number of hydrogen-bond donors (Lipinski definition) is 1. The van der Waals surface area contributed by atoms with Gasteiger partial charge in [0.1, 0.15) is 5.82 Å². The molecule has 0 bridgehead atoms. The number of rotatable bonds is 6. The molecule has 1 saturated heterocycles. The zero-order chi connectivity index (χ0) is 20.8. The van der Waals surface area contributed by atoms with Crippen molar-refractivity contribution in [2.45, 2.75) is 12.6 Å². The second-order valence-corrected chi connectivity index (χ2v) is 7.70. The third-order valence-corrected chi connectivity index (χ3v) is 5.45. The van der Waals surface area contributed by atoms with Gasteiger partial charge in [-0.25, -0.2) is 4.39 Å². The molecule has 158 valence electrons. The molecule has 1 aliphatic heterocycles. The summed E-state index contributed by atoms with van der Waals surface area (Å²) in [4.78, 5) is 8.86. The van der Waals surface area contributed by atoms with Gasteiger partial charge in [0.05, 0.1) is 30.8 Å². The Kier molecular flexibility index (Phi) is 7.52. The van der Waals surface area contributed by atoms with E-state index < -0.39 is 0 Å². The van der Waals surface area contributed by atoms with Crippen molar-refractivity contribution in [1.82, 2.24) is 19.7 Å². The van der Waals surface area contributed by atoms with E-state index in [2.05, 4.69) is 20.1 Å². The number of aromatic nitrogens is 1. The van der Waals surface area contributed by atoms with Crippen LogP contribution in [-0.2, 0) is 18.3 Å². The lowest BCUT2D eigenvalue weighted by molar-refractivity contribution is 0.0169. The zero-order valence-electron chi connectivity index (χ0n) is 17.2. The largest absolute Gasteiger partial charge is 0.379 e. The van der Waals surface area contributed by atoms with Crippen LogP contribution in [0.15, 0.2) is 41.5 Å². The first-order valence-corrected chi connectivity index (χ1v) is 10.2. The number of aryl methyl sites for hydroxylation is 1. The summed E-state index contributed by atoms with van der Waals surface area (Å²) in [6, 6.07) is 8.81. The molecule has 1 fully saturated rings. The van der Waals surface area contributed by atoms with Gasteiger partial charge >= 0.3 is 0 Å². The lowest BCUT2D eigenvalue weighted by Crippen LogP contribution is -2.46. The van der Waals surface area contributed by atoms with Gasteiger partial charge in [-0.1, -0.05) is 23.7 Å². The average molecular weight is 422 g/mol. The summed E-state index contributed by atoms with van der Waals surface area (Å²) in [6.45, 7) is 4.46. The minimum atomic E-state index is -0.223. The molecule has 0 radical (unpaired) electrons. The third kappa shape index (κ3) is 5.72. The van der Waals surface area contributed by atoms with Crippen molar-refractivity contribution >= 4 is 17.6 Å². The van der Waals surface area contributed by atoms with Crippen molar-refractivity contribution < 1.29 is 9.13 Å². The molecular weight excluding hydrogens is 393 g/mol. The van der Waals surface area contributed by atoms with Crippen LogP contribution in [0.3, 0.4) is 0 Å². The Labute approximate surface area is 176 Å². The van der Waals surface area contributed by atoms with Crippen molar-refractivity contribution in [3.8, 4) is 0 Å². The van der Waals surface area contributed by atoms with Crippen LogP contribution in [0, 0.1) is 5.82 Å². The van der Waals surface area contributed by atoms with Gasteiger partial charge in [0.15, 0.2) is 5.96 Å². The van der Waals surface area contributed by atoms with Gasteiger partial charge in [-0.05, 0) is 23.8 Å². The second-order valence-electron chi connectivity index (χ2n) is 7.26. The molecule has 29 heavy (non-hydrogen) atoms. The van der Waals surface area contributed by atoms with Crippen molar-refractivity contribution in [1.29, 1.82) is 0 Å². The normalized spacial score (nSPS) is 16.7. The Bertz CT molecular complexity index is 817. The topological polar surface area (TPSA) is 45.0 Å². The fourth-order valence-corrected chi connectivity index (χ4v) is 3.92. The highest BCUT2D eigenvalue weighted by molar-refractivity contribution is 6.30. The Balaban J connectivity index is 1.69. The van der Waals surface area contributed by atoms with E-state index in [-0.39, 0.29) is 11.9 Å². The molecular formula is C21H29ClFN5O. The lowest BCUT2D eigenvalue weighted by Gasteiger charge is -2.35.